The Morgan fingerprint density at radius 2 is 1.96 bits per heavy atom. The highest BCUT2D eigenvalue weighted by molar-refractivity contribution is 5.81. The molecule has 0 radical (unpaired) electrons. The van der Waals surface area contributed by atoms with Crippen LogP contribution in [0.15, 0.2) is 24.3 Å². The van der Waals surface area contributed by atoms with Crippen LogP contribution in [-0.2, 0) is 9.53 Å². The van der Waals surface area contributed by atoms with Gasteiger partial charge in [-0.2, -0.15) is 0 Å². The second kappa shape index (κ2) is 8.76. The number of benzene rings is 1. The number of nitrogens with zero attached hydrogens (tertiary/aromatic N) is 3. The summed E-state index contributed by atoms with van der Waals surface area (Å²) in [4.78, 5) is 19.6. The minimum absolute atomic E-state index is 0.0716. The Labute approximate surface area is 166 Å². The van der Waals surface area contributed by atoms with Crippen LogP contribution in [0.1, 0.15) is 19.8 Å². The lowest BCUT2D eigenvalue weighted by Gasteiger charge is -2.39. The first-order valence-corrected chi connectivity index (χ1v) is 10.5. The van der Waals surface area contributed by atoms with Gasteiger partial charge in [0.25, 0.3) is 0 Å². The number of rotatable bonds is 5. The number of piperazine rings is 1. The summed E-state index contributed by atoms with van der Waals surface area (Å²) in [5.74, 6) is -0.141. The molecule has 3 aliphatic rings. The highest BCUT2D eigenvalue weighted by Gasteiger charge is 2.33. The quantitative estimate of drug-likeness (QED) is 0.822. The third-order valence-electron chi connectivity index (χ3n) is 6.40. The topological polar surface area (TPSA) is 48.1 Å². The molecular weight excluding hydrogens is 359 g/mol. The molecule has 0 spiro atoms. The summed E-state index contributed by atoms with van der Waals surface area (Å²) in [6, 6.07) is 7.05. The molecule has 0 aromatic heterocycles. The van der Waals surface area contributed by atoms with Gasteiger partial charge in [0.1, 0.15) is 5.82 Å². The van der Waals surface area contributed by atoms with Crippen LogP contribution in [0, 0.1) is 5.82 Å². The van der Waals surface area contributed by atoms with Gasteiger partial charge in [0.2, 0.25) is 5.91 Å². The smallest absolute Gasteiger partial charge is 0.237 e. The van der Waals surface area contributed by atoms with E-state index in [1.165, 1.54) is 25.0 Å². The number of ether oxygens (including phenoxy) is 1. The third kappa shape index (κ3) is 4.47. The van der Waals surface area contributed by atoms with Crippen molar-refractivity contribution in [2.45, 2.75) is 38.0 Å². The third-order valence-corrected chi connectivity index (χ3v) is 6.40. The molecule has 154 valence electrons. The largest absolute Gasteiger partial charge is 0.373 e. The fraction of sp³-hybridized carbons (Fsp3) is 0.667. The number of carbonyl (C=O) groups excluding carboxylic acids is 1. The Morgan fingerprint density at radius 3 is 2.71 bits per heavy atom. The second-order valence-electron chi connectivity index (χ2n) is 8.17. The molecule has 3 atom stereocenters. The molecule has 3 aliphatic heterocycles. The van der Waals surface area contributed by atoms with Crippen molar-refractivity contribution < 1.29 is 13.9 Å². The van der Waals surface area contributed by atoms with E-state index in [0.717, 1.165) is 51.6 Å². The molecule has 7 heteroatoms. The summed E-state index contributed by atoms with van der Waals surface area (Å²) in [6.07, 6.45) is 2.59. The van der Waals surface area contributed by atoms with Crippen LogP contribution in [0.5, 0.6) is 0 Å². The first kappa shape index (κ1) is 19.6. The zero-order chi connectivity index (χ0) is 19.5. The van der Waals surface area contributed by atoms with Crippen molar-refractivity contribution in [1.82, 2.24) is 15.1 Å². The Kier molecular flexibility index (Phi) is 6.13. The molecule has 0 saturated carbocycles. The van der Waals surface area contributed by atoms with Gasteiger partial charge in [-0.25, -0.2) is 4.39 Å². The zero-order valence-electron chi connectivity index (χ0n) is 16.6. The van der Waals surface area contributed by atoms with Crippen LogP contribution in [0.4, 0.5) is 10.1 Å². The molecule has 3 fully saturated rings. The predicted molar refractivity (Wildman–Crippen MR) is 107 cm³/mol. The zero-order valence-corrected chi connectivity index (χ0v) is 16.6. The number of anilines is 1. The van der Waals surface area contributed by atoms with Gasteiger partial charge in [-0.3, -0.25) is 14.6 Å². The van der Waals surface area contributed by atoms with Gasteiger partial charge in [-0.05, 0) is 50.6 Å². The minimum Gasteiger partial charge on any atom is -0.373 e. The van der Waals surface area contributed by atoms with Gasteiger partial charge < -0.3 is 15.0 Å². The number of halogens is 1. The van der Waals surface area contributed by atoms with E-state index >= 15 is 0 Å². The van der Waals surface area contributed by atoms with Gasteiger partial charge >= 0.3 is 0 Å². The summed E-state index contributed by atoms with van der Waals surface area (Å²) in [7, 11) is 0. The fourth-order valence-corrected chi connectivity index (χ4v) is 4.56. The molecule has 3 heterocycles. The molecule has 1 N–H and O–H groups in total. The first-order chi connectivity index (χ1) is 13.6. The highest BCUT2D eigenvalue weighted by Crippen LogP contribution is 2.22. The Morgan fingerprint density at radius 1 is 1.21 bits per heavy atom. The predicted octanol–water partition coefficient (Wildman–Crippen LogP) is 1.32. The van der Waals surface area contributed by atoms with E-state index in [2.05, 4.69) is 20.0 Å². The minimum atomic E-state index is -0.213. The summed E-state index contributed by atoms with van der Waals surface area (Å²) in [5, 5.41) is 3.09. The van der Waals surface area contributed by atoms with Crippen LogP contribution < -0.4 is 10.2 Å². The molecule has 3 unspecified atom stereocenters. The van der Waals surface area contributed by atoms with E-state index in [1.807, 2.05) is 19.1 Å². The highest BCUT2D eigenvalue weighted by atomic mass is 19.1. The van der Waals surface area contributed by atoms with E-state index in [0.29, 0.717) is 12.6 Å². The molecule has 28 heavy (non-hydrogen) atoms. The van der Waals surface area contributed by atoms with E-state index in [-0.39, 0.29) is 23.9 Å². The van der Waals surface area contributed by atoms with Crippen molar-refractivity contribution >= 4 is 11.6 Å². The lowest BCUT2D eigenvalue weighted by molar-refractivity contribution is -0.127. The van der Waals surface area contributed by atoms with Crippen molar-refractivity contribution in [1.29, 1.82) is 0 Å². The number of carbonyl (C=O) groups is 1. The van der Waals surface area contributed by atoms with E-state index in [9.17, 15) is 9.18 Å². The van der Waals surface area contributed by atoms with Gasteiger partial charge in [-0.15, -0.1) is 0 Å². The van der Waals surface area contributed by atoms with E-state index in [4.69, 9.17) is 4.74 Å². The average molecular weight is 391 g/mol. The molecule has 3 saturated heterocycles. The van der Waals surface area contributed by atoms with Crippen LogP contribution in [0.3, 0.4) is 0 Å². The van der Waals surface area contributed by atoms with E-state index in [1.54, 1.807) is 0 Å². The maximum Gasteiger partial charge on any atom is 0.237 e. The number of hydrogen-bond donors (Lipinski definition) is 1. The van der Waals surface area contributed by atoms with Gasteiger partial charge in [0.15, 0.2) is 0 Å². The van der Waals surface area contributed by atoms with Gasteiger partial charge in [0.05, 0.1) is 18.8 Å². The fourth-order valence-electron chi connectivity index (χ4n) is 4.56. The van der Waals surface area contributed by atoms with Crippen molar-refractivity contribution in [3.63, 3.8) is 0 Å². The maximum absolute atomic E-state index is 13.1. The number of nitrogens with one attached hydrogen (secondary N) is 1. The normalized spacial score (nSPS) is 27.4. The molecule has 1 aromatic rings. The van der Waals surface area contributed by atoms with Crippen molar-refractivity contribution in [3.05, 3.63) is 30.1 Å². The van der Waals surface area contributed by atoms with Crippen LogP contribution in [0.2, 0.25) is 0 Å². The van der Waals surface area contributed by atoms with Crippen LogP contribution >= 0.6 is 0 Å². The number of amides is 1. The van der Waals surface area contributed by atoms with Gasteiger partial charge in [-0.1, -0.05) is 0 Å². The summed E-state index contributed by atoms with van der Waals surface area (Å²) in [5.41, 5.74) is 1.04. The van der Waals surface area contributed by atoms with E-state index < -0.39 is 0 Å². The summed E-state index contributed by atoms with van der Waals surface area (Å²) in [6.45, 7) is 8.76. The Hall–Kier alpha value is -1.70. The molecule has 0 bridgehead atoms. The van der Waals surface area contributed by atoms with Crippen molar-refractivity contribution in [2.24, 2.45) is 0 Å². The lowest BCUT2D eigenvalue weighted by atomic mass is 10.1. The van der Waals surface area contributed by atoms with Crippen molar-refractivity contribution in [2.75, 3.05) is 57.3 Å². The molecule has 1 amide bonds. The molecule has 4 rings (SSSR count). The molecular formula is C21H31FN4O2. The Bertz CT molecular complexity index is 663. The molecule has 6 nitrogen and oxygen atoms in total. The van der Waals surface area contributed by atoms with Crippen molar-refractivity contribution in [3.8, 4) is 0 Å². The Balaban J connectivity index is 1.20. The summed E-state index contributed by atoms with van der Waals surface area (Å²) >= 11 is 0. The first-order valence-electron chi connectivity index (χ1n) is 10.5. The number of morpholine rings is 1. The lowest BCUT2D eigenvalue weighted by Crippen LogP contribution is -2.55. The van der Waals surface area contributed by atoms with Crippen LogP contribution in [-0.4, -0.2) is 86.3 Å². The van der Waals surface area contributed by atoms with Crippen LogP contribution in [0.25, 0.3) is 0 Å². The average Bonchev–Trinajstić information content (AvgIpc) is 3.20. The second-order valence-corrected chi connectivity index (χ2v) is 8.17. The summed E-state index contributed by atoms with van der Waals surface area (Å²) < 4.78 is 19.0. The standard InChI is InChI=1S/C21H31FN4O2/c1-16(21(27)23-13-20-14-26-8-2-3-19(26)15-28-20)24-9-11-25(12-10-24)18-6-4-17(22)5-7-18/h4-7,16,19-20H,2-3,8-15H2,1H3,(H,23,27). The number of fused-ring (bicyclic) bond motifs is 1. The van der Waals surface area contributed by atoms with Gasteiger partial charge in [0, 0.05) is 51.0 Å². The maximum atomic E-state index is 13.1. The SMILES string of the molecule is CC(C(=O)NCC1CN2CCCC2CO1)N1CCN(c2ccc(F)cc2)CC1. The monoisotopic (exact) mass is 390 g/mol. The number of hydrogen-bond acceptors (Lipinski definition) is 5. The molecule has 0 aliphatic carbocycles. The molecule has 1 aromatic carbocycles.